The van der Waals surface area contributed by atoms with Crippen molar-refractivity contribution in [2.75, 3.05) is 5.32 Å². The molecule has 5 heteroatoms. The molecule has 3 rings (SSSR count). The van der Waals surface area contributed by atoms with Crippen LogP contribution in [0.4, 0.5) is 10.1 Å². The SMILES string of the molecule is NC1(c2cccc(F)c2)C(=O)Nc2ccccc2C1=O. The third-order valence-corrected chi connectivity index (χ3v) is 3.42. The summed E-state index contributed by atoms with van der Waals surface area (Å²) in [6.45, 7) is 0. The molecule has 1 unspecified atom stereocenters. The van der Waals surface area contributed by atoms with E-state index >= 15 is 0 Å². The molecule has 1 atom stereocenters. The largest absolute Gasteiger partial charge is 0.323 e. The molecule has 2 aromatic carbocycles. The van der Waals surface area contributed by atoms with E-state index in [2.05, 4.69) is 5.32 Å². The molecular weight excluding hydrogens is 259 g/mol. The number of fused-ring (bicyclic) bond motifs is 1. The standard InChI is InChI=1S/C15H11FN2O2/c16-10-5-3-4-9(8-10)15(17)13(19)11-6-1-2-7-12(11)18-14(15)20/h1-8H,17H2,(H,18,20). The highest BCUT2D eigenvalue weighted by molar-refractivity contribution is 6.27. The Bertz CT molecular complexity index is 729. The lowest BCUT2D eigenvalue weighted by Gasteiger charge is -2.32. The van der Waals surface area contributed by atoms with Crippen LogP contribution in [0.3, 0.4) is 0 Å². The maximum atomic E-state index is 13.3. The Labute approximate surface area is 114 Å². The molecule has 0 aromatic heterocycles. The Hall–Kier alpha value is -2.53. The molecule has 0 radical (unpaired) electrons. The molecule has 1 aliphatic rings. The lowest BCUT2D eigenvalue weighted by atomic mass is 9.79. The second-order valence-corrected chi connectivity index (χ2v) is 4.65. The first-order chi connectivity index (χ1) is 9.53. The number of anilines is 1. The second-order valence-electron chi connectivity index (χ2n) is 4.65. The van der Waals surface area contributed by atoms with E-state index in [1.165, 1.54) is 18.2 Å². The van der Waals surface area contributed by atoms with Crippen LogP contribution in [0.25, 0.3) is 0 Å². The Morgan fingerprint density at radius 2 is 1.80 bits per heavy atom. The van der Waals surface area contributed by atoms with Crippen LogP contribution in [0, 0.1) is 5.82 Å². The third-order valence-electron chi connectivity index (χ3n) is 3.42. The maximum absolute atomic E-state index is 13.3. The fraction of sp³-hybridized carbons (Fsp3) is 0.0667. The fourth-order valence-corrected chi connectivity index (χ4v) is 2.32. The van der Waals surface area contributed by atoms with E-state index < -0.39 is 23.0 Å². The summed E-state index contributed by atoms with van der Waals surface area (Å²) < 4.78 is 13.3. The van der Waals surface area contributed by atoms with Crippen LogP contribution in [-0.4, -0.2) is 11.7 Å². The summed E-state index contributed by atoms with van der Waals surface area (Å²) in [7, 11) is 0. The number of nitrogens with one attached hydrogen (secondary N) is 1. The third kappa shape index (κ3) is 1.64. The zero-order valence-corrected chi connectivity index (χ0v) is 10.4. The smallest absolute Gasteiger partial charge is 0.257 e. The first-order valence-corrected chi connectivity index (χ1v) is 6.03. The highest BCUT2D eigenvalue weighted by Crippen LogP contribution is 2.33. The van der Waals surface area contributed by atoms with E-state index in [9.17, 15) is 14.0 Å². The first kappa shape index (κ1) is 12.5. The van der Waals surface area contributed by atoms with Crippen molar-refractivity contribution in [1.29, 1.82) is 0 Å². The number of carbonyl (C=O) groups excluding carboxylic acids is 2. The lowest BCUT2D eigenvalue weighted by Crippen LogP contribution is -2.57. The van der Waals surface area contributed by atoms with Gasteiger partial charge < -0.3 is 11.1 Å². The van der Waals surface area contributed by atoms with Crippen LogP contribution >= 0.6 is 0 Å². The highest BCUT2D eigenvalue weighted by atomic mass is 19.1. The molecular formula is C15H11FN2O2. The van der Waals surface area contributed by atoms with Crippen molar-refractivity contribution in [3.8, 4) is 0 Å². The van der Waals surface area contributed by atoms with Crippen molar-refractivity contribution in [1.82, 2.24) is 0 Å². The summed E-state index contributed by atoms with van der Waals surface area (Å²) in [5.41, 5.74) is 4.99. The number of nitrogens with two attached hydrogens (primary N) is 1. The summed E-state index contributed by atoms with van der Waals surface area (Å²) in [6.07, 6.45) is 0. The molecule has 0 bridgehead atoms. The number of hydrogen-bond acceptors (Lipinski definition) is 3. The number of hydrogen-bond donors (Lipinski definition) is 2. The molecule has 1 aliphatic heterocycles. The average Bonchev–Trinajstić information content (AvgIpc) is 2.45. The Morgan fingerprint density at radius 3 is 2.55 bits per heavy atom. The Morgan fingerprint density at radius 1 is 1.05 bits per heavy atom. The predicted octanol–water partition coefficient (Wildman–Crippen LogP) is 1.81. The van der Waals surface area contributed by atoms with Crippen molar-refractivity contribution < 1.29 is 14.0 Å². The zero-order chi connectivity index (χ0) is 14.3. The number of benzene rings is 2. The number of carbonyl (C=O) groups is 2. The van der Waals surface area contributed by atoms with Crippen LogP contribution in [-0.2, 0) is 10.3 Å². The van der Waals surface area contributed by atoms with Crippen molar-refractivity contribution in [3.63, 3.8) is 0 Å². The van der Waals surface area contributed by atoms with E-state index in [1.807, 2.05) is 0 Å². The quantitative estimate of drug-likeness (QED) is 0.776. The molecule has 4 nitrogen and oxygen atoms in total. The minimum absolute atomic E-state index is 0.134. The Kier molecular flexibility index (Phi) is 2.65. The van der Waals surface area contributed by atoms with E-state index in [4.69, 9.17) is 5.73 Å². The summed E-state index contributed by atoms with van der Waals surface area (Å²) in [5.74, 6) is -1.75. The summed E-state index contributed by atoms with van der Waals surface area (Å²) in [4.78, 5) is 24.8. The Balaban J connectivity index is 2.19. The van der Waals surface area contributed by atoms with Crippen LogP contribution in [0.1, 0.15) is 15.9 Å². The lowest BCUT2D eigenvalue weighted by molar-refractivity contribution is -0.120. The number of amides is 1. The van der Waals surface area contributed by atoms with Crippen molar-refractivity contribution in [2.45, 2.75) is 5.54 Å². The summed E-state index contributed by atoms with van der Waals surface area (Å²) >= 11 is 0. The van der Waals surface area contributed by atoms with Crippen LogP contribution in [0.2, 0.25) is 0 Å². The van der Waals surface area contributed by atoms with Gasteiger partial charge in [-0.2, -0.15) is 0 Å². The van der Waals surface area contributed by atoms with Gasteiger partial charge in [0.25, 0.3) is 5.91 Å². The maximum Gasteiger partial charge on any atom is 0.257 e. The van der Waals surface area contributed by atoms with Gasteiger partial charge in [-0.1, -0.05) is 24.3 Å². The van der Waals surface area contributed by atoms with Gasteiger partial charge in [-0.15, -0.1) is 0 Å². The summed E-state index contributed by atoms with van der Waals surface area (Å²) in [5, 5.41) is 2.59. The number of Topliss-reactive ketones (excluding diaryl/α,β-unsaturated/α-hetero) is 1. The molecule has 1 amide bonds. The molecule has 0 saturated heterocycles. The van der Waals surface area contributed by atoms with E-state index in [0.29, 0.717) is 11.3 Å². The highest BCUT2D eigenvalue weighted by Gasteiger charge is 2.48. The second kappa shape index (κ2) is 4.25. The van der Waals surface area contributed by atoms with Crippen molar-refractivity contribution in [3.05, 3.63) is 65.5 Å². The van der Waals surface area contributed by atoms with Crippen LogP contribution in [0.5, 0.6) is 0 Å². The van der Waals surface area contributed by atoms with Gasteiger partial charge in [0.05, 0.1) is 5.69 Å². The number of halogens is 1. The molecule has 100 valence electrons. The molecule has 0 aliphatic carbocycles. The molecule has 0 spiro atoms. The summed E-state index contributed by atoms with van der Waals surface area (Å²) in [6, 6.07) is 11.8. The van der Waals surface area contributed by atoms with E-state index in [-0.39, 0.29) is 5.56 Å². The van der Waals surface area contributed by atoms with Gasteiger partial charge in [0.15, 0.2) is 11.3 Å². The molecule has 0 saturated carbocycles. The van der Waals surface area contributed by atoms with Crippen LogP contribution in [0.15, 0.2) is 48.5 Å². The van der Waals surface area contributed by atoms with Gasteiger partial charge in [0.2, 0.25) is 0 Å². The van der Waals surface area contributed by atoms with Gasteiger partial charge in [-0.05, 0) is 29.8 Å². The minimum atomic E-state index is -1.91. The van der Waals surface area contributed by atoms with Gasteiger partial charge in [-0.3, -0.25) is 9.59 Å². The minimum Gasteiger partial charge on any atom is -0.323 e. The first-order valence-electron chi connectivity index (χ1n) is 6.03. The molecule has 3 N–H and O–H groups in total. The van der Waals surface area contributed by atoms with E-state index in [1.54, 1.807) is 24.3 Å². The normalized spacial score (nSPS) is 21.3. The van der Waals surface area contributed by atoms with Gasteiger partial charge in [0.1, 0.15) is 5.82 Å². The molecule has 2 aromatic rings. The number of ketones is 1. The zero-order valence-electron chi connectivity index (χ0n) is 10.4. The molecule has 1 heterocycles. The van der Waals surface area contributed by atoms with Crippen LogP contribution < -0.4 is 11.1 Å². The van der Waals surface area contributed by atoms with Gasteiger partial charge >= 0.3 is 0 Å². The monoisotopic (exact) mass is 270 g/mol. The predicted molar refractivity (Wildman–Crippen MR) is 71.7 cm³/mol. The topological polar surface area (TPSA) is 72.2 Å². The fourth-order valence-electron chi connectivity index (χ4n) is 2.32. The van der Waals surface area contributed by atoms with Gasteiger partial charge in [0, 0.05) is 5.56 Å². The average molecular weight is 270 g/mol. The molecule has 0 fully saturated rings. The molecule has 20 heavy (non-hydrogen) atoms. The van der Waals surface area contributed by atoms with Gasteiger partial charge in [-0.25, -0.2) is 4.39 Å². The van der Waals surface area contributed by atoms with E-state index in [0.717, 1.165) is 6.07 Å². The van der Waals surface area contributed by atoms with Crippen molar-refractivity contribution >= 4 is 17.4 Å². The number of rotatable bonds is 1. The number of para-hydroxylation sites is 1. The van der Waals surface area contributed by atoms with Crippen molar-refractivity contribution in [2.24, 2.45) is 5.73 Å².